The van der Waals surface area contributed by atoms with E-state index >= 15 is 0 Å². The number of carbonyl (C=O) groups is 1. The lowest BCUT2D eigenvalue weighted by Gasteiger charge is -2.37. The lowest BCUT2D eigenvalue weighted by atomic mass is 10.0. The van der Waals surface area contributed by atoms with Crippen LogP contribution in [0.5, 0.6) is 0 Å². The van der Waals surface area contributed by atoms with Gasteiger partial charge in [-0.15, -0.1) is 11.3 Å². The smallest absolute Gasteiger partial charge is 0.239 e. The highest BCUT2D eigenvalue weighted by Gasteiger charge is 2.31. The van der Waals surface area contributed by atoms with Crippen LogP contribution in [0.25, 0.3) is 0 Å². The monoisotopic (exact) mass is 294 g/mol. The minimum absolute atomic E-state index is 0.120. The SMILES string of the molecule is CC(C(=O)N1CCc2sccc2C1)N1CCCC(O)C1. The fourth-order valence-corrected chi connectivity index (χ4v) is 4.08. The molecular weight excluding hydrogens is 272 g/mol. The molecule has 3 heterocycles. The zero-order valence-electron chi connectivity index (χ0n) is 11.9. The van der Waals surface area contributed by atoms with E-state index in [1.165, 1.54) is 10.4 Å². The number of thiophene rings is 1. The summed E-state index contributed by atoms with van der Waals surface area (Å²) in [7, 11) is 0. The van der Waals surface area contributed by atoms with Crippen LogP contribution < -0.4 is 0 Å². The van der Waals surface area contributed by atoms with Gasteiger partial charge in [0.25, 0.3) is 0 Å². The van der Waals surface area contributed by atoms with Gasteiger partial charge in [-0.05, 0) is 49.7 Å². The van der Waals surface area contributed by atoms with Gasteiger partial charge in [0.2, 0.25) is 5.91 Å². The maximum Gasteiger partial charge on any atom is 0.239 e. The van der Waals surface area contributed by atoms with Crippen molar-refractivity contribution in [3.05, 3.63) is 21.9 Å². The predicted octanol–water partition coefficient (Wildman–Crippen LogP) is 1.48. The second-order valence-electron chi connectivity index (χ2n) is 5.85. The van der Waals surface area contributed by atoms with Crippen LogP contribution >= 0.6 is 11.3 Å². The molecule has 0 aliphatic carbocycles. The van der Waals surface area contributed by atoms with Crippen LogP contribution in [0.1, 0.15) is 30.2 Å². The van der Waals surface area contributed by atoms with Crippen molar-refractivity contribution in [2.24, 2.45) is 0 Å². The molecule has 2 atom stereocenters. The summed E-state index contributed by atoms with van der Waals surface area (Å²) in [5.41, 5.74) is 1.31. The summed E-state index contributed by atoms with van der Waals surface area (Å²) in [4.78, 5) is 18.2. The molecule has 0 bridgehead atoms. The van der Waals surface area contributed by atoms with E-state index in [4.69, 9.17) is 0 Å². The van der Waals surface area contributed by atoms with E-state index < -0.39 is 0 Å². The van der Waals surface area contributed by atoms with Crippen molar-refractivity contribution in [2.75, 3.05) is 19.6 Å². The summed E-state index contributed by atoms with van der Waals surface area (Å²) in [6, 6.07) is 2.01. The van der Waals surface area contributed by atoms with E-state index in [0.717, 1.165) is 38.9 Å². The average molecular weight is 294 g/mol. The third-order valence-corrected chi connectivity index (χ3v) is 5.48. The summed E-state index contributed by atoms with van der Waals surface area (Å²) in [6.45, 7) is 5.10. The number of hydrogen-bond acceptors (Lipinski definition) is 4. The lowest BCUT2D eigenvalue weighted by molar-refractivity contribution is -0.138. The fraction of sp³-hybridized carbons (Fsp3) is 0.667. The van der Waals surface area contributed by atoms with Gasteiger partial charge in [-0.3, -0.25) is 9.69 Å². The predicted molar refractivity (Wildman–Crippen MR) is 79.7 cm³/mol. The molecule has 20 heavy (non-hydrogen) atoms. The van der Waals surface area contributed by atoms with E-state index in [0.29, 0.717) is 6.54 Å². The Morgan fingerprint density at radius 1 is 1.50 bits per heavy atom. The van der Waals surface area contributed by atoms with Gasteiger partial charge in [0, 0.05) is 24.5 Å². The standard InChI is InChI=1S/C15H22N2O2S/c1-11(16-6-2-3-13(18)10-16)15(19)17-7-4-14-12(9-17)5-8-20-14/h5,8,11,13,18H,2-4,6-7,9-10H2,1H3. The Morgan fingerprint density at radius 3 is 3.15 bits per heavy atom. The maximum absolute atomic E-state index is 12.6. The van der Waals surface area contributed by atoms with Gasteiger partial charge in [-0.2, -0.15) is 0 Å². The van der Waals surface area contributed by atoms with Crippen LogP contribution in [-0.4, -0.2) is 52.6 Å². The van der Waals surface area contributed by atoms with Crippen molar-refractivity contribution in [1.29, 1.82) is 0 Å². The molecule has 110 valence electrons. The van der Waals surface area contributed by atoms with Crippen molar-refractivity contribution >= 4 is 17.2 Å². The first kappa shape index (κ1) is 14.0. The van der Waals surface area contributed by atoms with Gasteiger partial charge in [-0.1, -0.05) is 0 Å². The molecule has 0 saturated carbocycles. The average Bonchev–Trinajstić information content (AvgIpc) is 2.93. The quantitative estimate of drug-likeness (QED) is 0.898. The Hall–Kier alpha value is -0.910. The first-order chi connectivity index (χ1) is 9.65. The molecule has 2 unspecified atom stereocenters. The summed E-state index contributed by atoms with van der Waals surface area (Å²) < 4.78 is 0. The molecule has 3 rings (SSSR count). The number of carbonyl (C=O) groups excluding carboxylic acids is 1. The molecule has 4 nitrogen and oxygen atoms in total. The Morgan fingerprint density at radius 2 is 2.35 bits per heavy atom. The van der Waals surface area contributed by atoms with E-state index in [-0.39, 0.29) is 18.1 Å². The van der Waals surface area contributed by atoms with Crippen LogP contribution in [0.15, 0.2) is 11.4 Å². The molecule has 2 aliphatic rings. The van der Waals surface area contributed by atoms with Crippen LogP contribution in [-0.2, 0) is 17.8 Å². The molecule has 2 aliphatic heterocycles. The van der Waals surface area contributed by atoms with Gasteiger partial charge >= 0.3 is 0 Å². The van der Waals surface area contributed by atoms with E-state index in [1.807, 2.05) is 11.8 Å². The highest BCUT2D eigenvalue weighted by molar-refractivity contribution is 7.10. The molecule has 1 fully saturated rings. The molecule has 1 aromatic heterocycles. The third-order valence-electron chi connectivity index (χ3n) is 4.45. The molecule has 1 aromatic rings. The lowest BCUT2D eigenvalue weighted by Crippen LogP contribution is -2.52. The van der Waals surface area contributed by atoms with Crippen LogP contribution in [0.4, 0.5) is 0 Å². The Balaban J connectivity index is 1.64. The normalized spacial score (nSPS) is 25.3. The second-order valence-corrected chi connectivity index (χ2v) is 6.85. The Kier molecular flexibility index (Phi) is 4.10. The Bertz CT molecular complexity index is 488. The van der Waals surface area contributed by atoms with Gasteiger partial charge in [-0.25, -0.2) is 0 Å². The zero-order valence-corrected chi connectivity index (χ0v) is 12.7. The molecule has 1 N–H and O–H groups in total. The largest absolute Gasteiger partial charge is 0.392 e. The summed E-state index contributed by atoms with van der Waals surface area (Å²) in [5.74, 6) is 0.205. The van der Waals surface area contributed by atoms with Crippen molar-refractivity contribution in [1.82, 2.24) is 9.80 Å². The summed E-state index contributed by atoms with van der Waals surface area (Å²) in [6.07, 6.45) is 2.55. The third kappa shape index (κ3) is 2.75. The van der Waals surface area contributed by atoms with Crippen molar-refractivity contribution < 1.29 is 9.90 Å². The van der Waals surface area contributed by atoms with Gasteiger partial charge in [0.1, 0.15) is 0 Å². The second kappa shape index (κ2) is 5.84. The minimum atomic E-state index is -0.274. The minimum Gasteiger partial charge on any atom is -0.392 e. The number of aliphatic hydroxyl groups is 1. The fourth-order valence-electron chi connectivity index (χ4n) is 3.19. The maximum atomic E-state index is 12.6. The highest BCUT2D eigenvalue weighted by atomic mass is 32.1. The number of hydrogen-bond donors (Lipinski definition) is 1. The first-order valence-electron chi connectivity index (χ1n) is 7.41. The van der Waals surface area contributed by atoms with Crippen molar-refractivity contribution in [3.8, 4) is 0 Å². The molecule has 5 heteroatoms. The number of fused-ring (bicyclic) bond motifs is 1. The van der Waals surface area contributed by atoms with Crippen LogP contribution in [0, 0.1) is 0 Å². The summed E-state index contributed by atoms with van der Waals surface area (Å²) >= 11 is 1.79. The molecule has 1 saturated heterocycles. The number of rotatable bonds is 2. The van der Waals surface area contributed by atoms with E-state index in [2.05, 4.69) is 16.3 Å². The molecule has 0 spiro atoms. The zero-order chi connectivity index (χ0) is 14.1. The van der Waals surface area contributed by atoms with E-state index in [9.17, 15) is 9.90 Å². The molecular formula is C15H22N2O2S. The van der Waals surface area contributed by atoms with Crippen molar-refractivity contribution in [3.63, 3.8) is 0 Å². The number of amides is 1. The number of aliphatic hydroxyl groups excluding tert-OH is 1. The topological polar surface area (TPSA) is 43.8 Å². The van der Waals surface area contributed by atoms with Crippen LogP contribution in [0.3, 0.4) is 0 Å². The van der Waals surface area contributed by atoms with Gasteiger partial charge in [0.05, 0.1) is 12.1 Å². The number of likely N-dealkylation sites (tertiary alicyclic amines) is 1. The van der Waals surface area contributed by atoms with Crippen LogP contribution in [0.2, 0.25) is 0 Å². The van der Waals surface area contributed by atoms with Crippen molar-refractivity contribution in [2.45, 2.75) is 44.9 Å². The molecule has 0 radical (unpaired) electrons. The summed E-state index contributed by atoms with van der Waals surface area (Å²) in [5, 5.41) is 11.9. The highest BCUT2D eigenvalue weighted by Crippen LogP contribution is 2.25. The number of β-amino-alcohol motifs (C(OH)–C–C–N with tert-alkyl or cyclic N) is 1. The van der Waals surface area contributed by atoms with Gasteiger partial charge < -0.3 is 10.0 Å². The molecule has 1 amide bonds. The number of piperidine rings is 1. The van der Waals surface area contributed by atoms with Gasteiger partial charge in [0.15, 0.2) is 0 Å². The molecule has 0 aromatic carbocycles. The first-order valence-corrected chi connectivity index (χ1v) is 8.29. The number of nitrogens with zero attached hydrogens (tertiary/aromatic N) is 2. The Labute approximate surface area is 124 Å². The van der Waals surface area contributed by atoms with E-state index in [1.54, 1.807) is 11.3 Å².